The second-order valence-corrected chi connectivity index (χ2v) is 5.06. The van der Waals surface area contributed by atoms with Gasteiger partial charge in [0.1, 0.15) is 5.69 Å². The number of hydrogen-bond donors (Lipinski definition) is 1. The third-order valence-electron chi connectivity index (χ3n) is 4.26. The summed E-state index contributed by atoms with van der Waals surface area (Å²) in [6.07, 6.45) is 0. The number of nitrogens with zero attached hydrogens (tertiary/aromatic N) is 1. The molecule has 0 bridgehead atoms. The van der Waals surface area contributed by atoms with Gasteiger partial charge in [-0.25, -0.2) is 4.79 Å². The van der Waals surface area contributed by atoms with E-state index in [1.807, 2.05) is 18.5 Å². The van der Waals surface area contributed by atoms with Crippen molar-refractivity contribution >= 4 is 16.9 Å². The second kappa shape index (κ2) is 3.87. The monoisotopic (exact) mass is 245 g/mol. The Hall–Kier alpha value is -1.77. The summed E-state index contributed by atoms with van der Waals surface area (Å²) in [4.78, 5) is 11.4. The molecule has 0 fully saturated rings. The van der Waals surface area contributed by atoms with Gasteiger partial charge in [0.05, 0.1) is 5.52 Å². The Morgan fingerprint density at radius 2 is 1.39 bits per heavy atom. The third-order valence-corrected chi connectivity index (χ3v) is 4.26. The fourth-order valence-electron chi connectivity index (χ4n) is 2.96. The minimum atomic E-state index is -0.861. The van der Waals surface area contributed by atoms with Crippen LogP contribution in [0, 0.1) is 34.6 Å². The first kappa shape index (κ1) is 12.7. The van der Waals surface area contributed by atoms with Crippen LogP contribution in [0.3, 0.4) is 0 Å². The molecule has 2 aromatic rings. The zero-order valence-corrected chi connectivity index (χ0v) is 11.8. The van der Waals surface area contributed by atoms with Crippen LogP contribution in [0.1, 0.15) is 38.3 Å². The van der Waals surface area contributed by atoms with Crippen molar-refractivity contribution < 1.29 is 9.90 Å². The number of carboxylic acid groups (broad SMARTS) is 1. The van der Waals surface area contributed by atoms with Crippen molar-refractivity contribution in [2.24, 2.45) is 7.05 Å². The van der Waals surface area contributed by atoms with Crippen LogP contribution in [0.4, 0.5) is 0 Å². The Morgan fingerprint density at radius 3 is 1.89 bits per heavy atom. The maximum Gasteiger partial charge on any atom is 0.352 e. The van der Waals surface area contributed by atoms with Gasteiger partial charge in [0.25, 0.3) is 0 Å². The van der Waals surface area contributed by atoms with Crippen molar-refractivity contribution in [1.82, 2.24) is 4.57 Å². The number of aromatic nitrogens is 1. The number of hydrogen-bond acceptors (Lipinski definition) is 1. The molecule has 0 amide bonds. The van der Waals surface area contributed by atoms with Crippen molar-refractivity contribution in [3.63, 3.8) is 0 Å². The molecule has 3 heteroatoms. The van der Waals surface area contributed by atoms with Gasteiger partial charge in [-0.2, -0.15) is 0 Å². The maximum absolute atomic E-state index is 11.4. The zero-order chi connectivity index (χ0) is 13.8. The lowest BCUT2D eigenvalue weighted by Crippen LogP contribution is -2.06. The molecule has 0 saturated heterocycles. The van der Waals surface area contributed by atoms with Gasteiger partial charge in [-0.1, -0.05) is 0 Å². The Balaban J connectivity index is 3.13. The molecule has 0 aliphatic carbocycles. The molecule has 1 aromatic carbocycles. The summed E-state index contributed by atoms with van der Waals surface area (Å²) in [5, 5.41) is 10.4. The SMILES string of the molecule is Cc1c(C)c(C)c2c(c1C)c(C)c(C(=O)O)n2C. The molecule has 0 aliphatic rings. The van der Waals surface area contributed by atoms with Crippen molar-refractivity contribution in [2.45, 2.75) is 34.6 Å². The summed E-state index contributed by atoms with van der Waals surface area (Å²) < 4.78 is 1.81. The molecule has 0 atom stereocenters. The van der Waals surface area contributed by atoms with Gasteiger partial charge >= 0.3 is 5.97 Å². The summed E-state index contributed by atoms with van der Waals surface area (Å²) in [5.74, 6) is -0.861. The Bertz CT molecular complexity index is 627. The average molecular weight is 245 g/mol. The number of carboxylic acids is 1. The third kappa shape index (κ3) is 1.40. The number of carbonyl (C=O) groups is 1. The van der Waals surface area contributed by atoms with E-state index >= 15 is 0 Å². The van der Waals surface area contributed by atoms with Gasteiger partial charge in [0.15, 0.2) is 0 Å². The topological polar surface area (TPSA) is 42.2 Å². The highest BCUT2D eigenvalue weighted by Crippen LogP contribution is 2.34. The number of aryl methyl sites for hydroxylation is 4. The average Bonchev–Trinajstić information content (AvgIpc) is 2.55. The van der Waals surface area contributed by atoms with Gasteiger partial charge in [-0.15, -0.1) is 0 Å². The zero-order valence-electron chi connectivity index (χ0n) is 11.8. The summed E-state index contributed by atoms with van der Waals surface area (Å²) in [5.41, 5.74) is 7.17. The first-order valence-corrected chi connectivity index (χ1v) is 6.07. The van der Waals surface area contributed by atoms with Crippen LogP contribution in [0.2, 0.25) is 0 Å². The highest BCUT2D eigenvalue weighted by atomic mass is 16.4. The van der Waals surface area contributed by atoms with Crippen molar-refractivity contribution in [2.75, 3.05) is 0 Å². The van der Waals surface area contributed by atoms with Gasteiger partial charge in [0.2, 0.25) is 0 Å². The van der Waals surface area contributed by atoms with Crippen LogP contribution >= 0.6 is 0 Å². The van der Waals surface area contributed by atoms with E-state index in [1.165, 1.54) is 22.3 Å². The van der Waals surface area contributed by atoms with Crippen molar-refractivity contribution in [3.05, 3.63) is 33.5 Å². The molecule has 1 heterocycles. The van der Waals surface area contributed by atoms with Crippen LogP contribution in [0.25, 0.3) is 10.9 Å². The molecule has 1 aromatic heterocycles. The van der Waals surface area contributed by atoms with Gasteiger partial charge in [-0.3, -0.25) is 0 Å². The molecule has 0 saturated carbocycles. The molecule has 0 spiro atoms. The fraction of sp³-hybridized carbons (Fsp3) is 0.400. The molecular formula is C15H19NO2. The van der Waals surface area contributed by atoms with Gasteiger partial charge in [-0.05, 0) is 62.4 Å². The standard InChI is InChI=1S/C15H19NO2/c1-7-8(2)10(4)13-12(9(7)3)11(5)14(15(17)18)16(13)6/h1-6H3,(H,17,18). The fourth-order valence-corrected chi connectivity index (χ4v) is 2.96. The minimum absolute atomic E-state index is 0.390. The van der Waals surface area contributed by atoms with Crippen LogP contribution in [-0.2, 0) is 7.05 Å². The summed E-state index contributed by atoms with van der Waals surface area (Å²) in [6, 6.07) is 0. The number of rotatable bonds is 1. The lowest BCUT2D eigenvalue weighted by Gasteiger charge is -2.12. The number of fused-ring (bicyclic) bond motifs is 1. The van der Waals surface area contributed by atoms with E-state index in [1.54, 1.807) is 0 Å². The Morgan fingerprint density at radius 1 is 0.889 bits per heavy atom. The summed E-state index contributed by atoms with van der Waals surface area (Å²) in [6.45, 7) is 10.2. The van der Waals surface area contributed by atoms with E-state index in [4.69, 9.17) is 0 Å². The first-order valence-electron chi connectivity index (χ1n) is 6.07. The molecule has 0 aliphatic heterocycles. The van der Waals surface area contributed by atoms with E-state index in [0.29, 0.717) is 5.69 Å². The molecule has 0 unspecified atom stereocenters. The largest absolute Gasteiger partial charge is 0.477 e. The lowest BCUT2D eigenvalue weighted by atomic mass is 9.94. The smallest absolute Gasteiger partial charge is 0.352 e. The number of benzene rings is 1. The maximum atomic E-state index is 11.4. The molecule has 2 rings (SSSR count). The molecular weight excluding hydrogens is 226 g/mol. The highest BCUT2D eigenvalue weighted by molar-refractivity contribution is 6.01. The van der Waals surface area contributed by atoms with Gasteiger partial charge in [0, 0.05) is 12.4 Å². The van der Waals surface area contributed by atoms with Gasteiger partial charge < -0.3 is 9.67 Å². The quantitative estimate of drug-likeness (QED) is 0.836. The van der Waals surface area contributed by atoms with Crippen molar-refractivity contribution in [3.8, 4) is 0 Å². The molecule has 96 valence electrons. The second-order valence-electron chi connectivity index (χ2n) is 5.06. The van der Waals surface area contributed by atoms with E-state index < -0.39 is 5.97 Å². The van der Waals surface area contributed by atoms with Crippen LogP contribution in [0.5, 0.6) is 0 Å². The van der Waals surface area contributed by atoms with E-state index in [-0.39, 0.29) is 0 Å². The predicted molar refractivity (Wildman–Crippen MR) is 73.6 cm³/mol. The van der Waals surface area contributed by atoms with E-state index in [0.717, 1.165) is 16.5 Å². The number of aromatic carboxylic acids is 1. The van der Waals surface area contributed by atoms with Crippen LogP contribution in [-0.4, -0.2) is 15.6 Å². The van der Waals surface area contributed by atoms with Crippen LogP contribution < -0.4 is 0 Å². The van der Waals surface area contributed by atoms with E-state index in [2.05, 4.69) is 27.7 Å². The van der Waals surface area contributed by atoms with Crippen LogP contribution in [0.15, 0.2) is 0 Å². The predicted octanol–water partition coefficient (Wildman–Crippen LogP) is 3.42. The lowest BCUT2D eigenvalue weighted by molar-refractivity contribution is 0.0686. The minimum Gasteiger partial charge on any atom is -0.477 e. The Labute approximate surface area is 107 Å². The molecule has 0 radical (unpaired) electrons. The van der Waals surface area contributed by atoms with E-state index in [9.17, 15) is 9.90 Å². The first-order chi connectivity index (χ1) is 8.29. The summed E-state index contributed by atoms with van der Waals surface area (Å²) >= 11 is 0. The molecule has 18 heavy (non-hydrogen) atoms. The molecule has 3 nitrogen and oxygen atoms in total. The van der Waals surface area contributed by atoms with Crippen molar-refractivity contribution in [1.29, 1.82) is 0 Å². The normalized spacial score (nSPS) is 11.2. The summed E-state index contributed by atoms with van der Waals surface area (Å²) in [7, 11) is 1.83. The molecule has 1 N–H and O–H groups in total. The Kier molecular flexibility index (Phi) is 2.73. The highest BCUT2D eigenvalue weighted by Gasteiger charge is 2.22.